The van der Waals surface area contributed by atoms with Gasteiger partial charge in [0.15, 0.2) is 0 Å². The molecule has 2 N–H and O–H groups in total. The third-order valence-electron chi connectivity index (χ3n) is 0.925. The Kier molecular flexibility index (Phi) is 2.26. The molecule has 0 saturated heterocycles. The summed E-state index contributed by atoms with van der Waals surface area (Å²) in [6.45, 7) is 0. The number of carbonyl (C=O) groups is 1. The summed E-state index contributed by atoms with van der Waals surface area (Å²) in [5, 5.41) is 10.2. The van der Waals surface area contributed by atoms with Crippen LogP contribution in [0.25, 0.3) is 0 Å². The summed E-state index contributed by atoms with van der Waals surface area (Å²) in [5.41, 5.74) is 1.50. The van der Waals surface area contributed by atoms with Gasteiger partial charge in [-0.3, -0.25) is 10.0 Å². The molecule has 0 aliphatic rings. The van der Waals surface area contributed by atoms with Crippen LogP contribution in [-0.4, -0.2) is 11.1 Å². The van der Waals surface area contributed by atoms with Crippen molar-refractivity contribution in [3.63, 3.8) is 0 Å². The molecule has 0 atom stereocenters. The topological polar surface area (TPSA) is 49.3 Å². The number of carbonyl (C=O) groups excluding carboxylic acids is 1. The van der Waals surface area contributed by atoms with E-state index in [9.17, 15) is 4.79 Å². The highest BCUT2D eigenvalue weighted by molar-refractivity contribution is 7.12. The SMILES string of the molecule is O=C(NO)c1sccc1Cl. The summed E-state index contributed by atoms with van der Waals surface area (Å²) in [6.07, 6.45) is 0. The maximum atomic E-state index is 10.7. The summed E-state index contributed by atoms with van der Waals surface area (Å²) in [6, 6.07) is 1.59. The molecule has 10 heavy (non-hydrogen) atoms. The molecule has 0 aliphatic carbocycles. The summed E-state index contributed by atoms with van der Waals surface area (Å²) >= 11 is 6.73. The lowest BCUT2D eigenvalue weighted by molar-refractivity contribution is 0.0711. The van der Waals surface area contributed by atoms with Crippen LogP contribution in [0.4, 0.5) is 0 Å². The number of amides is 1. The summed E-state index contributed by atoms with van der Waals surface area (Å²) in [7, 11) is 0. The fourth-order valence-electron chi connectivity index (χ4n) is 0.507. The minimum atomic E-state index is -0.569. The Labute approximate surface area is 66.2 Å². The van der Waals surface area contributed by atoms with Crippen LogP contribution in [0.5, 0.6) is 0 Å². The van der Waals surface area contributed by atoms with E-state index in [0.29, 0.717) is 9.90 Å². The highest BCUT2D eigenvalue weighted by Gasteiger charge is 2.09. The fourth-order valence-corrected chi connectivity index (χ4v) is 1.54. The lowest BCUT2D eigenvalue weighted by atomic mass is 10.4. The fraction of sp³-hybridized carbons (Fsp3) is 0. The van der Waals surface area contributed by atoms with Crippen LogP contribution in [0.1, 0.15) is 9.67 Å². The number of nitrogens with one attached hydrogen (secondary N) is 1. The summed E-state index contributed by atoms with van der Waals surface area (Å²) in [4.78, 5) is 11.0. The molecule has 54 valence electrons. The molecule has 3 nitrogen and oxygen atoms in total. The number of thiophene rings is 1. The van der Waals surface area contributed by atoms with Crippen LogP contribution in [0.3, 0.4) is 0 Å². The van der Waals surface area contributed by atoms with Crippen LogP contribution in [0, 0.1) is 0 Å². The highest BCUT2D eigenvalue weighted by Crippen LogP contribution is 2.21. The minimum Gasteiger partial charge on any atom is -0.288 e. The third kappa shape index (κ3) is 1.29. The number of hydrogen-bond acceptors (Lipinski definition) is 3. The van der Waals surface area contributed by atoms with Crippen molar-refractivity contribution in [2.45, 2.75) is 0 Å². The molecule has 0 spiro atoms. The van der Waals surface area contributed by atoms with E-state index >= 15 is 0 Å². The Bertz CT molecular complexity index is 248. The van der Waals surface area contributed by atoms with Gasteiger partial charge in [-0.2, -0.15) is 0 Å². The first-order chi connectivity index (χ1) is 4.75. The lowest BCUT2D eigenvalue weighted by Gasteiger charge is -1.92. The van der Waals surface area contributed by atoms with E-state index in [-0.39, 0.29) is 0 Å². The Morgan fingerprint density at radius 3 is 2.90 bits per heavy atom. The van der Waals surface area contributed by atoms with E-state index in [2.05, 4.69) is 0 Å². The Balaban J connectivity index is 2.93. The van der Waals surface area contributed by atoms with Gasteiger partial charge in [-0.25, -0.2) is 5.48 Å². The predicted molar refractivity (Wildman–Crippen MR) is 38.6 cm³/mol. The van der Waals surface area contributed by atoms with Crippen molar-refractivity contribution in [2.75, 3.05) is 0 Å². The van der Waals surface area contributed by atoms with Crippen molar-refractivity contribution in [2.24, 2.45) is 0 Å². The zero-order valence-electron chi connectivity index (χ0n) is 4.80. The zero-order chi connectivity index (χ0) is 7.56. The second-order valence-corrected chi connectivity index (χ2v) is 2.86. The van der Waals surface area contributed by atoms with Gasteiger partial charge in [0, 0.05) is 0 Å². The van der Waals surface area contributed by atoms with Crippen LogP contribution >= 0.6 is 22.9 Å². The molecule has 0 saturated carbocycles. The quantitative estimate of drug-likeness (QED) is 0.505. The molecular weight excluding hydrogens is 174 g/mol. The van der Waals surface area contributed by atoms with Crippen molar-refractivity contribution in [3.8, 4) is 0 Å². The van der Waals surface area contributed by atoms with Gasteiger partial charge in [0.25, 0.3) is 5.91 Å². The van der Waals surface area contributed by atoms with Gasteiger partial charge < -0.3 is 0 Å². The van der Waals surface area contributed by atoms with E-state index in [1.165, 1.54) is 16.8 Å². The Morgan fingerprint density at radius 1 is 1.80 bits per heavy atom. The minimum absolute atomic E-state index is 0.323. The second-order valence-electron chi connectivity index (χ2n) is 1.54. The standard InChI is InChI=1S/C5H4ClNO2S/c6-3-1-2-10-4(3)5(8)7-9/h1-2,9H,(H,7,8). The van der Waals surface area contributed by atoms with Gasteiger partial charge in [0.2, 0.25) is 0 Å². The Hall–Kier alpha value is -0.580. The Morgan fingerprint density at radius 2 is 2.50 bits per heavy atom. The largest absolute Gasteiger partial charge is 0.288 e. The normalized spacial score (nSPS) is 9.40. The molecule has 1 heterocycles. The number of rotatable bonds is 1. The first kappa shape index (κ1) is 7.53. The zero-order valence-corrected chi connectivity index (χ0v) is 6.37. The maximum absolute atomic E-state index is 10.7. The van der Waals surface area contributed by atoms with E-state index in [4.69, 9.17) is 16.8 Å². The van der Waals surface area contributed by atoms with Crippen molar-refractivity contribution < 1.29 is 10.0 Å². The number of hydroxylamine groups is 1. The van der Waals surface area contributed by atoms with Crippen LogP contribution < -0.4 is 5.48 Å². The van der Waals surface area contributed by atoms with Gasteiger partial charge in [-0.05, 0) is 11.4 Å². The van der Waals surface area contributed by atoms with Crippen molar-refractivity contribution in [3.05, 3.63) is 21.3 Å². The second kappa shape index (κ2) is 3.01. The molecule has 0 aromatic carbocycles. The molecule has 1 aromatic heterocycles. The van der Waals surface area contributed by atoms with E-state index in [0.717, 1.165) is 0 Å². The lowest BCUT2D eigenvalue weighted by Crippen LogP contribution is -2.17. The molecule has 0 radical (unpaired) electrons. The van der Waals surface area contributed by atoms with Crippen LogP contribution in [0.2, 0.25) is 5.02 Å². The van der Waals surface area contributed by atoms with Crippen LogP contribution in [-0.2, 0) is 0 Å². The van der Waals surface area contributed by atoms with E-state index in [1.54, 1.807) is 11.4 Å². The van der Waals surface area contributed by atoms with Gasteiger partial charge in [0.05, 0.1) is 5.02 Å². The van der Waals surface area contributed by atoms with Gasteiger partial charge in [-0.1, -0.05) is 11.6 Å². The summed E-state index contributed by atoms with van der Waals surface area (Å²) < 4.78 is 0. The van der Waals surface area contributed by atoms with E-state index < -0.39 is 5.91 Å². The summed E-state index contributed by atoms with van der Waals surface area (Å²) in [5.74, 6) is -0.569. The molecule has 0 fully saturated rings. The average Bonchev–Trinajstić information content (AvgIpc) is 2.34. The molecule has 1 aromatic rings. The van der Waals surface area contributed by atoms with Gasteiger partial charge in [0.1, 0.15) is 4.88 Å². The van der Waals surface area contributed by atoms with E-state index in [1.807, 2.05) is 0 Å². The van der Waals surface area contributed by atoms with Crippen LogP contribution in [0.15, 0.2) is 11.4 Å². The molecule has 1 rings (SSSR count). The molecule has 0 unspecified atom stereocenters. The number of hydrogen-bond donors (Lipinski definition) is 2. The van der Waals surface area contributed by atoms with Crippen molar-refractivity contribution >= 4 is 28.8 Å². The average molecular weight is 178 g/mol. The maximum Gasteiger partial charge on any atom is 0.286 e. The third-order valence-corrected chi connectivity index (χ3v) is 2.27. The number of halogens is 1. The smallest absolute Gasteiger partial charge is 0.286 e. The molecule has 5 heteroatoms. The molecule has 1 amide bonds. The monoisotopic (exact) mass is 177 g/mol. The van der Waals surface area contributed by atoms with Crippen molar-refractivity contribution in [1.29, 1.82) is 0 Å². The van der Waals surface area contributed by atoms with Gasteiger partial charge >= 0.3 is 0 Å². The predicted octanol–water partition coefficient (Wildman–Crippen LogP) is 1.52. The first-order valence-electron chi connectivity index (χ1n) is 2.43. The highest BCUT2D eigenvalue weighted by atomic mass is 35.5. The molecule has 0 bridgehead atoms. The molecule has 0 aliphatic heterocycles. The first-order valence-corrected chi connectivity index (χ1v) is 3.69. The van der Waals surface area contributed by atoms with Gasteiger partial charge in [-0.15, -0.1) is 11.3 Å². The van der Waals surface area contributed by atoms with Crippen molar-refractivity contribution in [1.82, 2.24) is 5.48 Å². The molecular formula is C5H4ClNO2S.